The number of aromatic nitrogens is 1. The maximum absolute atomic E-state index is 8.57. The summed E-state index contributed by atoms with van der Waals surface area (Å²) in [5.74, 6) is 0. The number of nitrogens with zero attached hydrogens (tertiary/aromatic N) is 2. The van der Waals surface area contributed by atoms with Gasteiger partial charge in [-0.1, -0.05) is 6.07 Å². The minimum atomic E-state index is 0.665. The molecule has 0 N–H and O–H groups in total. The van der Waals surface area contributed by atoms with Crippen molar-refractivity contribution in [1.29, 1.82) is 5.26 Å². The van der Waals surface area contributed by atoms with E-state index in [4.69, 9.17) is 5.26 Å². The first-order chi connectivity index (χ1) is 5.90. The lowest BCUT2D eigenvalue weighted by atomic mass is 10.5. The second-order valence-corrected chi connectivity index (χ2v) is 4.10. The van der Waals surface area contributed by atoms with Gasteiger partial charge in [0.15, 0.2) is 0 Å². The lowest BCUT2D eigenvalue weighted by Gasteiger charge is -1.83. The highest BCUT2D eigenvalue weighted by Gasteiger charge is 2.03. The predicted octanol–water partition coefficient (Wildman–Crippen LogP) is 2.74. The molecule has 0 unspecified atom stereocenters. The molecule has 0 fully saturated rings. The summed E-state index contributed by atoms with van der Waals surface area (Å²) in [5, 5.41) is 11.5. The Kier molecular flexibility index (Phi) is 1.90. The maximum Gasteiger partial charge on any atom is 0.134 e. The summed E-state index contributed by atoms with van der Waals surface area (Å²) >= 11 is 3.07. The molecule has 0 atom stereocenters. The summed E-state index contributed by atoms with van der Waals surface area (Å²) in [5.41, 5.74) is 0. The quantitative estimate of drug-likeness (QED) is 0.696. The number of hydrogen-bond acceptors (Lipinski definition) is 4. The van der Waals surface area contributed by atoms with Gasteiger partial charge in [0.05, 0.1) is 11.1 Å². The normalized spacial score (nSPS) is 9.58. The summed E-state index contributed by atoms with van der Waals surface area (Å²) in [7, 11) is 0. The fourth-order valence-electron chi connectivity index (χ4n) is 0.840. The van der Waals surface area contributed by atoms with Crippen molar-refractivity contribution in [2.45, 2.75) is 0 Å². The first-order valence-electron chi connectivity index (χ1n) is 3.30. The van der Waals surface area contributed by atoms with E-state index in [1.54, 1.807) is 17.5 Å². The van der Waals surface area contributed by atoms with Crippen LogP contribution < -0.4 is 0 Å². The Balaban J connectivity index is 2.44. The molecule has 0 radical (unpaired) electrons. The van der Waals surface area contributed by atoms with Crippen LogP contribution in [0, 0.1) is 11.3 Å². The van der Waals surface area contributed by atoms with Gasteiger partial charge >= 0.3 is 0 Å². The molecule has 0 aromatic carbocycles. The van der Waals surface area contributed by atoms with E-state index in [2.05, 4.69) is 11.1 Å². The number of nitriles is 1. The van der Waals surface area contributed by atoms with Gasteiger partial charge in [0.2, 0.25) is 0 Å². The minimum Gasteiger partial charge on any atom is -0.242 e. The molecule has 2 heterocycles. The summed E-state index contributed by atoms with van der Waals surface area (Å²) in [6.45, 7) is 0. The van der Waals surface area contributed by atoms with Gasteiger partial charge in [-0.15, -0.1) is 22.7 Å². The zero-order valence-electron chi connectivity index (χ0n) is 6.02. The van der Waals surface area contributed by atoms with Gasteiger partial charge in [-0.05, 0) is 11.4 Å². The van der Waals surface area contributed by atoms with Crippen molar-refractivity contribution in [3.05, 3.63) is 28.6 Å². The van der Waals surface area contributed by atoms with E-state index in [0.29, 0.717) is 4.88 Å². The molecule has 0 bridgehead atoms. The van der Waals surface area contributed by atoms with Crippen molar-refractivity contribution < 1.29 is 0 Å². The first-order valence-corrected chi connectivity index (χ1v) is 4.99. The van der Waals surface area contributed by atoms with E-state index in [1.165, 1.54) is 11.3 Å². The SMILES string of the molecule is N#Cc1cnc(-c2cccs2)s1. The van der Waals surface area contributed by atoms with Crippen molar-refractivity contribution >= 4 is 22.7 Å². The summed E-state index contributed by atoms with van der Waals surface area (Å²) in [6.07, 6.45) is 1.61. The number of thiazole rings is 1. The molecule has 0 saturated carbocycles. The minimum absolute atomic E-state index is 0.665. The largest absolute Gasteiger partial charge is 0.242 e. The van der Waals surface area contributed by atoms with Crippen LogP contribution in [0.15, 0.2) is 23.7 Å². The van der Waals surface area contributed by atoms with Crippen molar-refractivity contribution in [1.82, 2.24) is 4.98 Å². The third kappa shape index (κ3) is 1.24. The van der Waals surface area contributed by atoms with E-state index in [9.17, 15) is 0 Å². The van der Waals surface area contributed by atoms with Crippen LogP contribution in [0.2, 0.25) is 0 Å². The molecule has 0 amide bonds. The standard InChI is InChI=1S/C8H4N2S2/c9-4-6-5-10-8(12-6)7-2-1-3-11-7/h1-3,5H. The van der Waals surface area contributed by atoms with Gasteiger partial charge in [-0.3, -0.25) is 0 Å². The van der Waals surface area contributed by atoms with Crippen LogP contribution in [-0.2, 0) is 0 Å². The van der Waals surface area contributed by atoms with Crippen LogP contribution in [0.4, 0.5) is 0 Å². The van der Waals surface area contributed by atoms with E-state index in [0.717, 1.165) is 9.88 Å². The molecular weight excluding hydrogens is 188 g/mol. The lowest BCUT2D eigenvalue weighted by molar-refractivity contribution is 1.41. The summed E-state index contributed by atoms with van der Waals surface area (Å²) < 4.78 is 0. The van der Waals surface area contributed by atoms with Crippen LogP contribution in [0.5, 0.6) is 0 Å². The molecule has 0 aliphatic heterocycles. The van der Waals surface area contributed by atoms with Crippen LogP contribution in [0.3, 0.4) is 0 Å². The molecule has 2 aromatic heterocycles. The van der Waals surface area contributed by atoms with E-state index in [1.807, 2.05) is 17.5 Å². The Bertz CT molecular complexity index is 408. The Hall–Kier alpha value is -1.18. The predicted molar refractivity (Wildman–Crippen MR) is 50.1 cm³/mol. The third-order valence-corrected chi connectivity index (χ3v) is 3.29. The fraction of sp³-hybridized carbons (Fsp3) is 0. The van der Waals surface area contributed by atoms with Crippen molar-refractivity contribution in [3.63, 3.8) is 0 Å². The highest BCUT2D eigenvalue weighted by Crippen LogP contribution is 2.28. The fourth-order valence-corrected chi connectivity index (χ4v) is 2.36. The van der Waals surface area contributed by atoms with Crippen molar-refractivity contribution in [2.75, 3.05) is 0 Å². The number of rotatable bonds is 1. The second kappa shape index (κ2) is 3.05. The van der Waals surface area contributed by atoms with Gasteiger partial charge in [0.25, 0.3) is 0 Å². The topological polar surface area (TPSA) is 36.7 Å². The third-order valence-electron chi connectivity index (χ3n) is 1.35. The van der Waals surface area contributed by atoms with Crippen molar-refractivity contribution in [3.8, 4) is 16.0 Å². The van der Waals surface area contributed by atoms with Gasteiger partial charge in [-0.25, -0.2) is 4.98 Å². The number of hydrogen-bond donors (Lipinski definition) is 0. The summed E-state index contributed by atoms with van der Waals surface area (Å²) in [4.78, 5) is 5.93. The lowest BCUT2D eigenvalue weighted by Crippen LogP contribution is -1.63. The second-order valence-electron chi connectivity index (χ2n) is 2.12. The number of thiophene rings is 1. The van der Waals surface area contributed by atoms with Crippen molar-refractivity contribution in [2.24, 2.45) is 0 Å². The van der Waals surface area contributed by atoms with Crippen LogP contribution >= 0.6 is 22.7 Å². The molecule has 0 aliphatic carbocycles. The van der Waals surface area contributed by atoms with E-state index < -0.39 is 0 Å². The Morgan fingerprint density at radius 2 is 2.42 bits per heavy atom. The van der Waals surface area contributed by atoms with Gasteiger partial charge in [0, 0.05) is 0 Å². The van der Waals surface area contributed by atoms with Crippen LogP contribution in [-0.4, -0.2) is 4.98 Å². The highest BCUT2D eigenvalue weighted by atomic mass is 32.1. The zero-order chi connectivity index (χ0) is 8.39. The highest BCUT2D eigenvalue weighted by molar-refractivity contribution is 7.21. The van der Waals surface area contributed by atoms with Gasteiger partial charge in [-0.2, -0.15) is 5.26 Å². The molecule has 2 nitrogen and oxygen atoms in total. The monoisotopic (exact) mass is 192 g/mol. The Morgan fingerprint density at radius 3 is 3.00 bits per heavy atom. The average Bonchev–Trinajstić information content (AvgIpc) is 2.75. The zero-order valence-corrected chi connectivity index (χ0v) is 7.65. The Labute approximate surface area is 77.7 Å². The molecule has 0 aliphatic rings. The van der Waals surface area contributed by atoms with Crippen LogP contribution in [0.1, 0.15) is 4.88 Å². The first kappa shape index (κ1) is 7.47. The van der Waals surface area contributed by atoms with Gasteiger partial charge in [0.1, 0.15) is 16.0 Å². The average molecular weight is 192 g/mol. The molecule has 0 saturated heterocycles. The van der Waals surface area contributed by atoms with E-state index >= 15 is 0 Å². The molecule has 58 valence electrons. The smallest absolute Gasteiger partial charge is 0.134 e. The maximum atomic E-state index is 8.57. The van der Waals surface area contributed by atoms with Crippen LogP contribution in [0.25, 0.3) is 9.88 Å². The molecule has 4 heteroatoms. The molecular formula is C8H4N2S2. The van der Waals surface area contributed by atoms with Gasteiger partial charge < -0.3 is 0 Å². The Morgan fingerprint density at radius 1 is 1.50 bits per heavy atom. The van der Waals surface area contributed by atoms with E-state index in [-0.39, 0.29) is 0 Å². The molecule has 12 heavy (non-hydrogen) atoms. The molecule has 2 aromatic rings. The summed E-state index contributed by atoms with van der Waals surface area (Å²) in [6, 6.07) is 6.05. The molecule has 0 spiro atoms. The molecule has 2 rings (SSSR count).